The van der Waals surface area contributed by atoms with Crippen molar-refractivity contribution in [2.24, 2.45) is 0 Å². The first kappa shape index (κ1) is 31.5. The Balaban J connectivity index is 1.13. The third-order valence-corrected chi connectivity index (χ3v) is 11.2. The molecule has 0 unspecified atom stereocenters. The maximum Gasteiger partial charge on any atom is 0.238 e. The van der Waals surface area contributed by atoms with Crippen LogP contribution < -0.4 is 0 Å². The summed E-state index contributed by atoms with van der Waals surface area (Å²) >= 11 is 0. The van der Waals surface area contributed by atoms with Gasteiger partial charge in [0.05, 0.1) is 22.1 Å². The van der Waals surface area contributed by atoms with Gasteiger partial charge in [-0.05, 0) is 59.7 Å². The standard InChI is InChI=1S/C51H31N5O/c1-3-13-32(14-4-1)33-23-26-36(27-24-33)55-42-20-10-7-17-37(42)40-29-30-44-47(48(40)55)41-19-8-11-21-43(41)56(44)51-53-49(34-15-5-2-6-16-34)52-50(54-51)35-25-28-39-38-18-9-12-22-45(38)57-46(39)31-35/h1-31H. The van der Waals surface area contributed by atoms with Crippen molar-refractivity contribution in [2.45, 2.75) is 0 Å². The Hall–Kier alpha value is -7.83. The van der Waals surface area contributed by atoms with Gasteiger partial charge in [-0.1, -0.05) is 140 Å². The third-order valence-electron chi connectivity index (χ3n) is 11.2. The van der Waals surface area contributed by atoms with Gasteiger partial charge in [-0.25, -0.2) is 4.98 Å². The highest BCUT2D eigenvalue weighted by Gasteiger charge is 2.23. The first-order valence-corrected chi connectivity index (χ1v) is 19.1. The van der Waals surface area contributed by atoms with E-state index in [1.165, 1.54) is 21.9 Å². The van der Waals surface area contributed by atoms with Crippen LogP contribution in [0, 0.1) is 0 Å². The molecule has 0 aliphatic carbocycles. The number of hydrogen-bond donors (Lipinski definition) is 0. The Kier molecular flexibility index (Phi) is 6.83. The van der Waals surface area contributed by atoms with Crippen molar-refractivity contribution < 1.29 is 4.42 Å². The van der Waals surface area contributed by atoms with E-state index in [2.05, 4.69) is 143 Å². The topological polar surface area (TPSA) is 61.7 Å². The fourth-order valence-electron chi connectivity index (χ4n) is 8.60. The van der Waals surface area contributed by atoms with Gasteiger partial charge < -0.3 is 8.98 Å². The molecule has 0 bridgehead atoms. The van der Waals surface area contributed by atoms with Crippen molar-refractivity contribution >= 4 is 65.6 Å². The van der Waals surface area contributed by atoms with Crippen LogP contribution in [0.1, 0.15) is 0 Å². The smallest absolute Gasteiger partial charge is 0.238 e. The summed E-state index contributed by atoms with van der Waals surface area (Å²) in [6, 6.07) is 65.6. The van der Waals surface area contributed by atoms with Crippen LogP contribution in [0.5, 0.6) is 0 Å². The monoisotopic (exact) mass is 729 g/mol. The molecular weight excluding hydrogens is 699 g/mol. The second kappa shape index (κ2) is 12.3. The molecule has 4 heterocycles. The van der Waals surface area contributed by atoms with E-state index in [4.69, 9.17) is 19.4 Å². The van der Waals surface area contributed by atoms with Crippen molar-refractivity contribution in [3.63, 3.8) is 0 Å². The lowest BCUT2D eigenvalue weighted by Crippen LogP contribution is -2.06. The summed E-state index contributed by atoms with van der Waals surface area (Å²) in [6.07, 6.45) is 0. The van der Waals surface area contributed by atoms with Gasteiger partial charge in [0.2, 0.25) is 5.95 Å². The third kappa shape index (κ3) is 4.87. The van der Waals surface area contributed by atoms with E-state index in [1.54, 1.807) is 0 Å². The van der Waals surface area contributed by atoms with E-state index < -0.39 is 0 Å². The van der Waals surface area contributed by atoms with E-state index >= 15 is 0 Å². The van der Waals surface area contributed by atoms with Crippen LogP contribution in [-0.4, -0.2) is 24.1 Å². The maximum atomic E-state index is 6.31. The summed E-state index contributed by atoms with van der Waals surface area (Å²) in [5.74, 6) is 1.71. The van der Waals surface area contributed by atoms with E-state index in [0.717, 1.165) is 71.6 Å². The summed E-state index contributed by atoms with van der Waals surface area (Å²) in [5, 5.41) is 6.79. The Labute approximate surface area is 326 Å². The molecule has 6 heteroatoms. The number of aromatic nitrogens is 5. The number of benzene rings is 8. The van der Waals surface area contributed by atoms with E-state index in [0.29, 0.717) is 17.6 Å². The molecular formula is C51H31N5O. The van der Waals surface area contributed by atoms with Crippen LogP contribution in [-0.2, 0) is 0 Å². The van der Waals surface area contributed by atoms with Crippen LogP contribution in [0.4, 0.5) is 0 Å². The largest absolute Gasteiger partial charge is 0.456 e. The van der Waals surface area contributed by atoms with Gasteiger partial charge >= 0.3 is 0 Å². The van der Waals surface area contributed by atoms with Crippen LogP contribution in [0.15, 0.2) is 192 Å². The van der Waals surface area contributed by atoms with Crippen molar-refractivity contribution in [3.05, 3.63) is 188 Å². The molecule has 0 spiro atoms. The summed E-state index contributed by atoms with van der Waals surface area (Å²) in [5.41, 5.74) is 11.2. The normalized spacial score (nSPS) is 11.9. The molecule has 0 amide bonds. The van der Waals surface area contributed by atoms with Crippen LogP contribution in [0.3, 0.4) is 0 Å². The summed E-state index contributed by atoms with van der Waals surface area (Å²) < 4.78 is 10.9. The van der Waals surface area contributed by atoms with Crippen LogP contribution in [0.25, 0.3) is 111 Å². The number of rotatable bonds is 5. The Morgan fingerprint density at radius 3 is 1.68 bits per heavy atom. The molecule has 0 radical (unpaired) electrons. The molecule has 0 N–H and O–H groups in total. The van der Waals surface area contributed by atoms with Crippen molar-refractivity contribution in [3.8, 4) is 45.5 Å². The second-order valence-corrected chi connectivity index (χ2v) is 14.4. The van der Waals surface area contributed by atoms with Crippen LogP contribution in [0.2, 0.25) is 0 Å². The van der Waals surface area contributed by atoms with Gasteiger partial charge in [0.15, 0.2) is 11.6 Å². The molecule has 0 saturated heterocycles. The molecule has 0 aliphatic rings. The molecule has 0 aliphatic heterocycles. The molecule has 12 rings (SSSR count). The fourth-order valence-corrected chi connectivity index (χ4v) is 8.60. The van der Waals surface area contributed by atoms with E-state index in [1.807, 2.05) is 54.6 Å². The number of nitrogens with zero attached hydrogens (tertiary/aromatic N) is 5. The molecule has 8 aromatic carbocycles. The van der Waals surface area contributed by atoms with Gasteiger partial charge in [0.1, 0.15) is 11.2 Å². The zero-order chi connectivity index (χ0) is 37.5. The second-order valence-electron chi connectivity index (χ2n) is 14.4. The van der Waals surface area contributed by atoms with Crippen molar-refractivity contribution in [1.29, 1.82) is 0 Å². The average molecular weight is 730 g/mol. The molecule has 6 nitrogen and oxygen atoms in total. The molecule has 4 aromatic heterocycles. The zero-order valence-electron chi connectivity index (χ0n) is 30.5. The highest BCUT2D eigenvalue weighted by Crippen LogP contribution is 2.42. The Bertz CT molecular complexity index is 3510. The molecule has 266 valence electrons. The van der Waals surface area contributed by atoms with E-state index in [9.17, 15) is 0 Å². The van der Waals surface area contributed by atoms with Gasteiger partial charge in [0, 0.05) is 49.1 Å². The van der Waals surface area contributed by atoms with Gasteiger partial charge in [-0.15, -0.1) is 0 Å². The van der Waals surface area contributed by atoms with E-state index in [-0.39, 0.29) is 0 Å². The predicted molar refractivity (Wildman–Crippen MR) is 232 cm³/mol. The lowest BCUT2D eigenvalue weighted by atomic mass is 10.1. The molecule has 12 aromatic rings. The fraction of sp³-hybridized carbons (Fsp3) is 0. The average Bonchev–Trinajstić information content (AvgIpc) is 3.94. The number of hydrogen-bond acceptors (Lipinski definition) is 4. The Morgan fingerprint density at radius 2 is 0.912 bits per heavy atom. The highest BCUT2D eigenvalue weighted by molar-refractivity contribution is 6.26. The number of para-hydroxylation sites is 3. The summed E-state index contributed by atoms with van der Waals surface area (Å²) in [4.78, 5) is 15.6. The lowest BCUT2D eigenvalue weighted by Gasteiger charge is -2.12. The SMILES string of the molecule is c1ccc(-c2ccc(-n3c4ccccc4c4ccc5c(c6ccccc6n5-c5nc(-c6ccccc6)nc(-c6ccc7c(c6)oc6ccccc67)n5)c43)cc2)cc1. The molecule has 0 atom stereocenters. The quantitative estimate of drug-likeness (QED) is 0.177. The van der Waals surface area contributed by atoms with Gasteiger partial charge in [-0.2, -0.15) is 9.97 Å². The summed E-state index contributed by atoms with van der Waals surface area (Å²) in [6.45, 7) is 0. The predicted octanol–water partition coefficient (Wildman–Crippen LogP) is 13.0. The zero-order valence-corrected chi connectivity index (χ0v) is 30.5. The van der Waals surface area contributed by atoms with Crippen molar-refractivity contribution in [2.75, 3.05) is 0 Å². The van der Waals surface area contributed by atoms with Crippen LogP contribution >= 0.6 is 0 Å². The van der Waals surface area contributed by atoms with Gasteiger partial charge in [-0.3, -0.25) is 4.57 Å². The Morgan fingerprint density at radius 1 is 0.351 bits per heavy atom. The van der Waals surface area contributed by atoms with Crippen molar-refractivity contribution in [1.82, 2.24) is 24.1 Å². The highest BCUT2D eigenvalue weighted by atomic mass is 16.3. The lowest BCUT2D eigenvalue weighted by molar-refractivity contribution is 0.669. The first-order valence-electron chi connectivity index (χ1n) is 19.1. The first-order chi connectivity index (χ1) is 28.3. The minimum absolute atomic E-state index is 0.545. The van der Waals surface area contributed by atoms with Gasteiger partial charge in [0.25, 0.3) is 0 Å². The summed E-state index contributed by atoms with van der Waals surface area (Å²) in [7, 11) is 0. The molecule has 57 heavy (non-hydrogen) atoms. The molecule has 0 fully saturated rings. The minimum atomic E-state index is 0.545. The number of furan rings is 1. The minimum Gasteiger partial charge on any atom is -0.456 e. The molecule has 0 saturated carbocycles. The number of fused-ring (bicyclic) bond motifs is 10. The maximum absolute atomic E-state index is 6.31.